The Balaban J connectivity index is 2.50. The number of likely N-dealkylation sites (N-methyl/N-ethyl adjacent to an activating group) is 1. The van der Waals surface area contributed by atoms with Crippen molar-refractivity contribution < 1.29 is 9.53 Å². The van der Waals surface area contributed by atoms with E-state index in [0.29, 0.717) is 13.2 Å². The van der Waals surface area contributed by atoms with Crippen LogP contribution in [0.5, 0.6) is 0 Å². The fourth-order valence-corrected chi connectivity index (χ4v) is 3.31. The molecule has 5 heteroatoms. The van der Waals surface area contributed by atoms with Crippen molar-refractivity contribution in [2.24, 2.45) is 5.92 Å². The zero-order valence-corrected chi connectivity index (χ0v) is 13.4. The second kappa shape index (κ2) is 8.12. The van der Waals surface area contributed by atoms with Crippen LogP contribution in [-0.4, -0.2) is 49.3 Å². The van der Waals surface area contributed by atoms with E-state index in [1.807, 2.05) is 11.8 Å². The third-order valence-electron chi connectivity index (χ3n) is 4.19. The first-order valence-electron chi connectivity index (χ1n) is 7.26. The fraction of sp³-hybridized carbons (Fsp3) is 0.929. The van der Waals surface area contributed by atoms with Gasteiger partial charge in [-0.2, -0.15) is 11.8 Å². The van der Waals surface area contributed by atoms with Crippen LogP contribution in [0.1, 0.15) is 33.6 Å². The number of rotatable bonds is 8. The van der Waals surface area contributed by atoms with Gasteiger partial charge < -0.3 is 15.4 Å². The van der Waals surface area contributed by atoms with E-state index in [9.17, 15) is 4.79 Å². The molecule has 2 unspecified atom stereocenters. The Morgan fingerprint density at radius 3 is 2.53 bits per heavy atom. The highest BCUT2D eigenvalue weighted by molar-refractivity contribution is 8.00. The number of ether oxygens (including phenoxy) is 1. The quantitative estimate of drug-likeness (QED) is 0.713. The standard InChI is InChI=1S/C14H28N2O2S/c1-5-14(6-2,19-4)10-16-13(17)11-8-18-9-12(11)15-7-3/h11-12,15H,5-10H2,1-4H3,(H,16,17). The summed E-state index contributed by atoms with van der Waals surface area (Å²) in [5, 5.41) is 6.45. The van der Waals surface area contributed by atoms with Gasteiger partial charge >= 0.3 is 0 Å². The van der Waals surface area contributed by atoms with Gasteiger partial charge in [-0.1, -0.05) is 20.8 Å². The van der Waals surface area contributed by atoms with Crippen molar-refractivity contribution in [2.45, 2.75) is 44.4 Å². The van der Waals surface area contributed by atoms with Crippen LogP contribution in [0.4, 0.5) is 0 Å². The largest absolute Gasteiger partial charge is 0.379 e. The summed E-state index contributed by atoms with van der Waals surface area (Å²) in [6, 6.07) is 0.164. The van der Waals surface area contributed by atoms with E-state index in [1.165, 1.54) is 0 Å². The first kappa shape index (κ1) is 16.8. The third-order valence-corrected chi connectivity index (χ3v) is 5.78. The van der Waals surface area contributed by atoms with Crippen LogP contribution in [0.2, 0.25) is 0 Å². The average molecular weight is 288 g/mol. The minimum atomic E-state index is -0.0479. The molecular formula is C14H28N2O2S. The molecule has 2 N–H and O–H groups in total. The van der Waals surface area contributed by atoms with E-state index in [1.54, 1.807) is 0 Å². The topological polar surface area (TPSA) is 50.4 Å². The molecule has 4 nitrogen and oxygen atoms in total. The number of carbonyl (C=O) groups excluding carboxylic acids is 1. The maximum atomic E-state index is 12.3. The number of hydrogen-bond acceptors (Lipinski definition) is 4. The Hall–Kier alpha value is -0.260. The zero-order valence-electron chi connectivity index (χ0n) is 12.6. The predicted octanol–water partition coefficient (Wildman–Crippen LogP) is 1.65. The molecule has 19 heavy (non-hydrogen) atoms. The summed E-state index contributed by atoms with van der Waals surface area (Å²) < 4.78 is 5.60. The lowest BCUT2D eigenvalue weighted by Crippen LogP contribution is -2.47. The van der Waals surface area contributed by atoms with E-state index in [0.717, 1.165) is 25.9 Å². The minimum Gasteiger partial charge on any atom is -0.379 e. The van der Waals surface area contributed by atoms with Crippen LogP contribution in [0.25, 0.3) is 0 Å². The van der Waals surface area contributed by atoms with Crippen molar-refractivity contribution in [3.8, 4) is 0 Å². The Bertz CT molecular complexity index is 274. The van der Waals surface area contributed by atoms with Crippen LogP contribution in [0, 0.1) is 5.92 Å². The molecule has 0 bridgehead atoms. The maximum Gasteiger partial charge on any atom is 0.227 e. The highest BCUT2D eigenvalue weighted by Gasteiger charge is 2.34. The Kier molecular flexibility index (Phi) is 7.18. The van der Waals surface area contributed by atoms with E-state index in [-0.39, 0.29) is 22.6 Å². The molecule has 1 aliphatic rings. The van der Waals surface area contributed by atoms with Crippen LogP contribution in [0.3, 0.4) is 0 Å². The van der Waals surface area contributed by atoms with Crippen molar-refractivity contribution in [1.29, 1.82) is 0 Å². The minimum absolute atomic E-state index is 0.0479. The lowest BCUT2D eigenvalue weighted by atomic mass is 10.00. The molecule has 1 rings (SSSR count). The third kappa shape index (κ3) is 4.36. The van der Waals surface area contributed by atoms with Crippen molar-refractivity contribution in [2.75, 3.05) is 32.6 Å². The van der Waals surface area contributed by atoms with Gasteiger partial charge in [0.1, 0.15) is 0 Å². The lowest BCUT2D eigenvalue weighted by Gasteiger charge is -2.30. The first-order chi connectivity index (χ1) is 9.12. The lowest BCUT2D eigenvalue weighted by molar-refractivity contribution is -0.125. The van der Waals surface area contributed by atoms with Gasteiger partial charge in [0.15, 0.2) is 0 Å². The van der Waals surface area contributed by atoms with E-state index < -0.39 is 0 Å². The number of hydrogen-bond donors (Lipinski definition) is 2. The van der Waals surface area contributed by atoms with Crippen LogP contribution in [0.15, 0.2) is 0 Å². The number of nitrogens with one attached hydrogen (secondary N) is 2. The van der Waals surface area contributed by atoms with E-state index in [2.05, 4.69) is 37.7 Å². The van der Waals surface area contributed by atoms with Gasteiger partial charge in [0.05, 0.1) is 19.1 Å². The van der Waals surface area contributed by atoms with E-state index in [4.69, 9.17) is 4.74 Å². The highest BCUT2D eigenvalue weighted by Crippen LogP contribution is 2.29. The van der Waals surface area contributed by atoms with Crippen LogP contribution < -0.4 is 10.6 Å². The SMILES string of the molecule is CCNC1COCC1C(=O)NCC(CC)(CC)SC. The van der Waals surface area contributed by atoms with Gasteiger partial charge in [0.2, 0.25) is 5.91 Å². The number of thioether (sulfide) groups is 1. The molecule has 0 saturated carbocycles. The normalized spacial score (nSPS) is 23.6. The molecule has 1 heterocycles. The Morgan fingerprint density at radius 2 is 2.00 bits per heavy atom. The van der Waals surface area contributed by atoms with Crippen molar-refractivity contribution in [3.05, 3.63) is 0 Å². The van der Waals surface area contributed by atoms with Gasteiger partial charge in [-0.05, 0) is 25.6 Å². The summed E-state index contributed by atoms with van der Waals surface area (Å²) in [5.74, 6) is 0.0805. The average Bonchev–Trinajstić information content (AvgIpc) is 2.89. The first-order valence-corrected chi connectivity index (χ1v) is 8.48. The van der Waals surface area contributed by atoms with Gasteiger partial charge in [0, 0.05) is 17.3 Å². The molecule has 0 aromatic rings. The smallest absolute Gasteiger partial charge is 0.227 e. The van der Waals surface area contributed by atoms with Gasteiger partial charge in [-0.3, -0.25) is 4.79 Å². The molecule has 0 radical (unpaired) electrons. The highest BCUT2D eigenvalue weighted by atomic mass is 32.2. The molecule has 112 valence electrons. The zero-order chi connectivity index (χ0) is 14.3. The molecule has 0 spiro atoms. The molecule has 1 saturated heterocycles. The Morgan fingerprint density at radius 1 is 1.32 bits per heavy atom. The summed E-state index contributed by atoms with van der Waals surface area (Å²) in [4.78, 5) is 12.3. The molecule has 1 amide bonds. The number of carbonyl (C=O) groups is 1. The van der Waals surface area contributed by atoms with Crippen molar-refractivity contribution in [1.82, 2.24) is 10.6 Å². The molecule has 0 aliphatic carbocycles. The Labute approximate surface area is 121 Å². The number of amides is 1. The molecule has 1 fully saturated rings. The summed E-state index contributed by atoms with van der Waals surface area (Å²) in [5.41, 5.74) is 0. The molecular weight excluding hydrogens is 260 g/mol. The van der Waals surface area contributed by atoms with Gasteiger partial charge in [-0.15, -0.1) is 0 Å². The summed E-state index contributed by atoms with van der Waals surface area (Å²) in [7, 11) is 0. The summed E-state index contributed by atoms with van der Waals surface area (Å²) in [6.45, 7) is 9.22. The van der Waals surface area contributed by atoms with Gasteiger partial charge in [0.25, 0.3) is 0 Å². The molecule has 2 atom stereocenters. The second-order valence-corrected chi connectivity index (χ2v) is 6.39. The maximum absolute atomic E-state index is 12.3. The predicted molar refractivity (Wildman–Crippen MR) is 81.6 cm³/mol. The second-order valence-electron chi connectivity index (χ2n) is 5.12. The van der Waals surface area contributed by atoms with Crippen molar-refractivity contribution in [3.63, 3.8) is 0 Å². The molecule has 0 aromatic heterocycles. The van der Waals surface area contributed by atoms with Crippen LogP contribution in [-0.2, 0) is 9.53 Å². The summed E-state index contributed by atoms with van der Waals surface area (Å²) >= 11 is 1.85. The molecule has 1 aliphatic heterocycles. The summed E-state index contributed by atoms with van der Waals surface area (Å²) in [6.07, 6.45) is 4.27. The fourth-order valence-electron chi connectivity index (χ4n) is 2.52. The van der Waals surface area contributed by atoms with Crippen LogP contribution >= 0.6 is 11.8 Å². The molecule has 0 aromatic carbocycles. The monoisotopic (exact) mass is 288 g/mol. The van der Waals surface area contributed by atoms with E-state index >= 15 is 0 Å². The van der Waals surface area contributed by atoms with Gasteiger partial charge in [-0.25, -0.2) is 0 Å². The van der Waals surface area contributed by atoms with Crippen molar-refractivity contribution >= 4 is 17.7 Å².